The molecule has 2 aromatic rings. The van der Waals surface area contributed by atoms with Crippen molar-refractivity contribution in [2.45, 2.75) is 26.2 Å². The summed E-state index contributed by atoms with van der Waals surface area (Å²) >= 11 is 3.14. The summed E-state index contributed by atoms with van der Waals surface area (Å²) in [5, 5.41) is 13.4. The van der Waals surface area contributed by atoms with E-state index in [1.807, 2.05) is 6.92 Å². The van der Waals surface area contributed by atoms with E-state index < -0.39 is 5.97 Å². The van der Waals surface area contributed by atoms with Crippen LogP contribution in [0.5, 0.6) is 0 Å². The number of aromatic carboxylic acids is 1. The number of aromatic nitrogens is 2. The van der Waals surface area contributed by atoms with Crippen molar-refractivity contribution < 1.29 is 14.3 Å². The summed E-state index contributed by atoms with van der Waals surface area (Å²) in [5.41, 5.74) is 3.18. The molecule has 1 aromatic carbocycles. The molecular formula is C14H12BrFN2O2. The molecule has 0 amide bonds. The van der Waals surface area contributed by atoms with Crippen LogP contribution in [0, 0.1) is 12.7 Å². The predicted molar refractivity (Wildman–Crippen MR) is 74.9 cm³/mol. The van der Waals surface area contributed by atoms with E-state index in [0.717, 1.165) is 36.1 Å². The van der Waals surface area contributed by atoms with Gasteiger partial charge in [-0.1, -0.05) is 0 Å². The number of nitrogens with zero attached hydrogens (tertiary/aromatic N) is 2. The third-order valence-corrected chi connectivity index (χ3v) is 4.21. The topological polar surface area (TPSA) is 55.1 Å². The molecule has 0 saturated heterocycles. The SMILES string of the molecule is Cc1cc(Br)c(F)cc1-n1nc(C(=O)O)c2c1CCC2. The normalized spacial score (nSPS) is 13.6. The number of halogens is 2. The molecule has 104 valence electrons. The summed E-state index contributed by atoms with van der Waals surface area (Å²) in [6.45, 7) is 1.85. The standard InChI is InChI=1S/C14H12BrFN2O2/c1-7-5-9(15)10(16)6-12(7)18-11-4-2-3-8(11)13(17-18)14(19)20/h5-6H,2-4H2,1H3,(H,19,20). The third kappa shape index (κ3) is 1.95. The van der Waals surface area contributed by atoms with Gasteiger partial charge in [-0.25, -0.2) is 13.9 Å². The first-order valence-electron chi connectivity index (χ1n) is 6.29. The molecule has 1 aromatic heterocycles. The lowest BCUT2D eigenvalue weighted by atomic mass is 10.2. The molecule has 6 heteroatoms. The second-order valence-electron chi connectivity index (χ2n) is 4.90. The van der Waals surface area contributed by atoms with Crippen molar-refractivity contribution in [2.24, 2.45) is 0 Å². The maximum atomic E-state index is 13.8. The third-order valence-electron chi connectivity index (χ3n) is 3.60. The van der Waals surface area contributed by atoms with Gasteiger partial charge in [-0.15, -0.1) is 0 Å². The van der Waals surface area contributed by atoms with Crippen LogP contribution >= 0.6 is 15.9 Å². The van der Waals surface area contributed by atoms with E-state index in [4.69, 9.17) is 0 Å². The first-order valence-corrected chi connectivity index (χ1v) is 7.08. The van der Waals surface area contributed by atoms with Gasteiger partial charge in [0.15, 0.2) is 5.69 Å². The van der Waals surface area contributed by atoms with E-state index in [0.29, 0.717) is 10.2 Å². The maximum absolute atomic E-state index is 13.8. The molecule has 1 aliphatic rings. The van der Waals surface area contributed by atoms with Gasteiger partial charge in [-0.05, 0) is 53.7 Å². The van der Waals surface area contributed by atoms with Crippen molar-refractivity contribution in [3.63, 3.8) is 0 Å². The Kier molecular flexibility index (Phi) is 3.12. The molecular weight excluding hydrogens is 327 g/mol. The lowest BCUT2D eigenvalue weighted by molar-refractivity contribution is 0.0689. The van der Waals surface area contributed by atoms with Crippen LogP contribution in [0.3, 0.4) is 0 Å². The lowest BCUT2D eigenvalue weighted by Gasteiger charge is -2.10. The first kappa shape index (κ1) is 13.3. The van der Waals surface area contributed by atoms with Crippen LogP contribution in [-0.4, -0.2) is 20.9 Å². The highest BCUT2D eigenvalue weighted by Gasteiger charge is 2.27. The van der Waals surface area contributed by atoms with Crippen LogP contribution in [0.2, 0.25) is 0 Å². The van der Waals surface area contributed by atoms with Crippen molar-refractivity contribution >= 4 is 21.9 Å². The molecule has 0 saturated carbocycles. The Labute approximate surface area is 123 Å². The molecule has 0 radical (unpaired) electrons. The summed E-state index contributed by atoms with van der Waals surface area (Å²) in [6, 6.07) is 3.06. The number of fused-ring (bicyclic) bond motifs is 1. The molecule has 0 fully saturated rings. The van der Waals surface area contributed by atoms with Gasteiger partial charge >= 0.3 is 5.97 Å². The van der Waals surface area contributed by atoms with Gasteiger partial charge in [0, 0.05) is 17.3 Å². The van der Waals surface area contributed by atoms with E-state index in [-0.39, 0.29) is 11.5 Å². The molecule has 4 nitrogen and oxygen atoms in total. The summed E-state index contributed by atoms with van der Waals surface area (Å²) in [4.78, 5) is 11.3. The van der Waals surface area contributed by atoms with Crippen LogP contribution in [0.4, 0.5) is 4.39 Å². The number of hydrogen-bond donors (Lipinski definition) is 1. The van der Waals surface area contributed by atoms with Crippen molar-refractivity contribution in [1.82, 2.24) is 9.78 Å². The minimum Gasteiger partial charge on any atom is -0.476 e. The lowest BCUT2D eigenvalue weighted by Crippen LogP contribution is -2.06. The van der Waals surface area contributed by atoms with Gasteiger partial charge in [0.1, 0.15) is 5.82 Å². The molecule has 1 aliphatic carbocycles. The molecule has 1 heterocycles. The second kappa shape index (κ2) is 4.70. The van der Waals surface area contributed by atoms with E-state index in [1.165, 1.54) is 6.07 Å². The largest absolute Gasteiger partial charge is 0.476 e. The van der Waals surface area contributed by atoms with E-state index in [9.17, 15) is 14.3 Å². The van der Waals surface area contributed by atoms with Crippen LogP contribution in [0.25, 0.3) is 5.69 Å². The van der Waals surface area contributed by atoms with E-state index >= 15 is 0 Å². The number of carboxylic acid groups (broad SMARTS) is 1. The van der Waals surface area contributed by atoms with Crippen LogP contribution < -0.4 is 0 Å². The number of benzene rings is 1. The molecule has 0 aliphatic heterocycles. The highest BCUT2D eigenvalue weighted by molar-refractivity contribution is 9.10. The Bertz CT molecular complexity index is 724. The zero-order valence-corrected chi connectivity index (χ0v) is 12.4. The quantitative estimate of drug-likeness (QED) is 0.914. The van der Waals surface area contributed by atoms with Crippen LogP contribution in [0.15, 0.2) is 16.6 Å². The molecule has 0 atom stereocenters. The number of carboxylic acids is 1. The highest BCUT2D eigenvalue weighted by atomic mass is 79.9. The average Bonchev–Trinajstić information content (AvgIpc) is 2.95. The van der Waals surface area contributed by atoms with Crippen molar-refractivity contribution in [1.29, 1.82) is 0 Å². The van der Waals surface area contributed by atoms with Crippen molar-refractivity contribution in [3.8, 4) is 5.69 Å². The molecule has 0 spiro atoms. The summed E-state index contributed by atoms with van der Waals surface area (Å²) < 4.78 is 15.7. The minimum atomic E-state index is -1.03. The molecule has 0 bridgehead atoms. The predicted octanol–water partition coefficient (Wildman–Crippen LogP) is 3.27. The number of hydrogen-bond acceptors (Lipinski definition) is 2. The Morgan fingerprint density at radius 1 is 1.45 bits per heavy atom. The Hall–Kier alpha value is -1.69. The van der Waals surface area contributed by atoms with Crippen LogP contribution in [-0.2, 0) is 12.8 Å². The second-order valence-corrected chi connectivity index (χ2v) is 5.75. The Morgan fingerprint density at radius 2 is 2.20 bits per heavy atom. The van der Waals surface area contributed by atoms with E-state index in [1.54, 1.807) is 10.7 Å². The monoisotopic (exact) mass is 338 g/mol. The fraction of sp³-hybridized carbons (Fsp3) is 0.286. The maximum Gasteiger partial charge on any atom is 0.356 e. The summed E-state index contributed by atoms with van der Waals surface area (Å²) in [7, 11) is 0. The molecule has 0 unspecified atom stereocenters. The summed E-state index contributed by atoms with van der Waals surface area (Å²) in [5.74, 6) is -1.41. The molecule has 3 rings (SSSR count). The minimum absolute atomic E-state index is 0.0835. The molecule has 1 N–H and O–H groups in total. The smallest absolute Gasteiger partial charge is 0.356 e. The fourth-order valence-corrected chi connectivity index (χ4v) is 3.13. The average molecular weight is 339 g/mol. The molecule has 20 heavy (non-hydrogen) atoms. The van der Waals surface area contributed by atoms with Crippen molar-refractivity contribution in [3.05, 3.63) is 44.9 Å². The summed E-state index contributed by atoms with van der Waals surface area (Å²) in [6.07, 6.45) is 2.40. The Morgan fingerprint density at radius 3 is 2.90 bits per heavy atom. The fourth-order valence-electron chi connectivity index (χ4n) is 2.67. The highest BCUT2D eigenvalue weighted by Crippen LogP contribution is 2.30. The van der Waals surface area contributed by atoms with E-state index in [2.05, 4.69) is 21.0 Å². The zero-order valence-electron chi connectivity index (χ0n) is 10.8. The number of carbonyl (C=O) groups is 1. The van der Waals surface area contributed by atoms with Crippen LogP contribution in [0.1, 0.15) is 33.7 Å². The Balaban J connectivity index is 2.23. The van der Waals surface area contributed by atoms with Gasteiger partial charge in [0.25, 0.3) is 0 Å². The van der Waals surface area contributed by atoms with Gasteiger partial charge in [-0.3, -0.25) is 0 Å². The number of aryl methyl sites for hydroxylation is 1. The van der Waals surface area contributed by atoms with Gasteiger partial charge in [0.05, 0.1) is 10.2 Å². The van der Waals surface area contributed by atoms with Gasteiger partial charge in [0.2, 0.25) is 0 Å². The zero-order chi connectivity index (χ0) is 14.4. The first-order chi connectivity index (χ1) is 9.49. The van der Waals surface area contributed by atoms with Gasteiger partial charge in [-0.2, -0.15) is 5.10 Å². The number of rotatable bonds is 2. The van der Waals surface area contributed by atoms with Gasteiger partial charge < -0.3 is 5.11 Å². The van der Waals surface area contributed by atoms with Crippen molar-refractivity contribution in [2.75, 3.05) is 0 Å².